The Kier molecular flexibility index (Phi) is 14.7. The van der Waals surface area contributed by atoms with Gasteiger partial charge in [0.1, 0.15) is 29.4 Å². The number of halogens is 2. The minimum atomic E-state index is -1.10. The van der Waals surface area contributed by atoms with Crippen LogP contribution in [0.2, 0.25) is 10.0 Å². The zero-order chi connectivity index (χ0) is 47.4. The highest BCUT2D eigenvalue weighted by Gasteiger charge is 2.45. The molecule has 5 atom stereocenters. The predicted molar refractivity (Wildman–Crippen MR) is 259 cm³/mol. The Morgan fingerprint density at radius 1 is 0.910 bits per heavy atom. The van der Waals surface area contributed by atoms with Crippen molar-refractivity contribution in [2.75, 3.05) is 40.9 Å². The van der Waals surface area contributed by atoms with Gasteiger partial charge in [-0.2, -0.15) is 0 Å². The molecule has 2 aliphatic heterocycles. The third-order valence-electron chi connectivity index (χ3n) is 13.5. The first kappa shape index (κ1) is 47.8. The summed E-state index contributed by atoms with van der Waals surface area (Å²) >= 11 is 12.9. The van der Waals surface area contributed by atoms with Crippen molar-refractivity contribution >= 4 is 46.8 Å². The molecule has 0 saturated carbocycles. The number of aryl methyl sites for hydroxylation is 1. The summed E-state index contributed by atoms with van der Waals surface area (Å²) in [4.78, 5) is 69.5. The first-order valence-electron chi connectivity index (χ1n) is 22.9. The fraction of sp³-hybridized carbons (Fsp3) is 0.404. The topological polar surface area (TPSA) is 138 Å². The number of amides is 4. The summed E-state index contributed by atoms with van der Waals surface area (Å²) in [6.45, 7) is 2.86. The molecule has 15 heteroatoms. The van der Waals surface area contributed by atoms with Gasteiger partial charge in [-0.3, -0.25) is 19.2 Å². The van der Waals surface area contributed by atoms with Crippen LogP contribution in [0.3, 0.4) is 0 Å². The second-order valence-electron chi connectivity index (χ2n) is 18.5. The van der Waals surface area contributed by atoms with Crippen LogP contribution in [0.1, 0.15) is 66.6 Å². The van der Waals surface area contributed by atoms with Crippen LogP contribution in [-0.4, -0.2) is 106 Å². The van der Waals surface area contributed by atoms with Gasteiger partial charge in [-0.1, -0.05) is 65.7 Å². The first-order valence-corrected chi connectivity index (χ1v) is 23.7. The van der Waals surface area contributed by atoms with Gasteiger partial charge in [-0.25, -0.2) is 4.98 Å². The summed E-state index contributed by atoms with van der Waals surface area (Å²) in [5.74, 6) is -0.624. The van der Waals surface area contributed by atoms with Crippen LogP contribution in [0.5, 0.6) is 11.5 Å². The number of aromatic nitrogens is 2. The van der Waals surface area contributed by atoms with Crippen molar-refractivity contribution < 1.29 is 28.7 Å². The Bertz CT molecular complexity index is 2600. The normalized spacial score (nSPS) is 22.6. The van der Waals surface area contributed by atoms with E-state index in [0.717, 1.165) is 40.2 Å². The second kappa shape index (κ2) is 20.6. The zero-order valence-corrected chi connectivity index (χ0v) is 40.3. The number of imidazole rings is 1. The van der Waals surface area contributed by atoms with Crippen molar-refractivity contribution in [3.63, 3.8) is 0 Å². The number of hydrogen-bond donors (Lipinski definition) is 2. The number of hydrogen-bond acceptors (Lipinski definition) is 8. The maximum Gasteiger partial charge on any atom is 0.245 e. The molecule has 4 amide bonds. The number of methoxy groups -OCH3 is 1. The lowest BCUT2D eigenvalue weighted by molar-refractivity contribution is -0.148. The number of carbonyl (C=O) groups excluding carboxylic acids is 4. The number of fused-ring (bicyclic) bond motifs is 3. The monoisotopic (exact) mass is 947 g/mol. The molecule has 2 saturated heterocycles. The van der Waals surface area contributed by atoms with Crippen LogP contribution < -0.4 is 15.4 Å². The summed E-state index contributed by atoms with van der Waals surface area (Å²) in [5.41, 5.74) is 4.79. The third kappa shape index (κ3) is 10.9. The molecule has 67 heavy (non-hydrogen) atoms. The molecular formula is C52H59Cl2N7O6. The summed E-state index contributed by atoms with van der Waals surface area (Å²) < 4.78 is 14.1. The molecular weight excluding hydrogens is 890 g/mol. The van der Waals surface area contributed by atoms with E-state index in [1.54, 1.807) is 25.1 Å². The summed E-state index contributed by atoms with van der Waals surface area (Å²) in [6.07, 6.45) is 4.83. The van der Waals surface area contributed by atoms with Crippen LogP contribution in [0.4, 0.5) is 0 Å². The fourth-order valence-corrected chi connectivity index (χ4v) is 10.3. The standard InChI is InChI=1S/C52H59Cl2N7O6/c1-33-49(63)56-44(31-66-5)50(64)57-52(27-34-11-17-38(53)18-12-34)23-8-24-60(32-52)51(65)43(42-22-16-35-9-6-7-10-41(35)42)26-48(62)61(33)29-37-13-19-39(54)25-46(37)67-40-20-14-36(15-21-40)45-28-55-47(59(45)4)30-58(2)3/h6-7,9-15,17-21,25,28,33,42-44H,8,16,22-24,26-27,29-32H2,1-5H3,(H,56,63)(H,57,64)/t33-,42+,43-,44-,52+/m0/s1. The van der Waals surface area contributed by atoms with Gasteiger partial charge in [-0.05, 0) is 124 Å². The molecule has 0 radical (unpaired) electrons. The van der Waals surface area contributed by atoms with E-state index in [1.807, 2.05) is 92.9 Å². The van der Waals surface area contributed by atoms with E-state index in [1.165, 1.54) is 12.0 Å². The van der Waals surface area contributed by atoms with Crippen LogP contribution in [0.15, 0.2) is 97.2 Å². The quantitative estimate of drug-likeness (QED) is 0.131. The molecule has 0 unspecified atom stereocenters. The molecule has 3 heterocycles. The average Bonchev–Trinajstić information content (AvgIpc) is 3.90. The Labute approximate surface area is 402 Å². The molecule has 5 aromatic rings. The van der Waals surface area contributed by atoms with Crippen molar-refractivity contribution in [1.29, 1.82) is 0 Å². The number of benzene rings is 4. The van der Waals surface area contributed by atoms with E-state index >= 15 is 9.59 Å². The second-order valence-corrected chi connectivity index (χ2v) is 19.4. The lowest BCUT2D eigenvalue weighted by atomic mass is 9.80. The number of nitrogens with one attached hydrogen (secondary N) is 2. The number of piperidine rings is 1. The Morgan fingerprint density at radius 2 is 1.66 bits per heavy atom. The number of carbonyl (C=O) groups is 4. The van der Waals surface area contributed by atoms with Gasteiger partial charge in [0.2, 0.25) is 23.6 Å². The highest BCUT2D eigenvalue weighted by Crippen LogP contribution is 2.42. The minimum absolute atomic E-state index is 0.0566. The summed E-state index contributed by atoms with van der Waals surface area (Å²) in [5, 5.41) is 7.25. The molecule has 2 bridgehead atoms. The molecule has 352 valence electrons. The first-order chi connectivity index (χ1) is 32.2. The van der Waals surface area contributed by atoms with Crippen LogP contribution in [0, 0.1) is 5.92 Å². The van der Waals surface area contributed by atoms with Crippen LogP contribution in [-0.2, 0) is 56.9 Å². The average molecular weight is 949 g/mol. The number of ether oxygens (including phenoxy) is 2. The highest BCUT2D eigenvalue weighted by atomic mass is 35.5. The van der Waals surface area contributed by atoms with Gasteiger partial charge in [0.05, 0.1) is 43.0 Å². The van der Waals surface area contributed by atoms with Crippen molar-refractivity contribution in [1.82, 2.24) is 34.9 Å². The lowest BCUT2D eigenvalue weighted by Crippen LogP contribution is -2.65. The van der Waals surface area contributed by atoms with Crippen molar-refractivity contribution in [2.24, 2.45) is 13.0 Å². The third-order valence-corrected chi connectivity index (χ3v) is 14.0. The maximum absolute atomic E-state index is 15.3. The molecule has 1 aliphatic carbocycles. The molecule has 3 aliphatic rings. The smallest absolute Gasteiger partial charge is 0.245 e. The fourth-order valence-electron chi connectivity index (χ4n) is 10.0. The van der Waals surface area contributed by atoms with Crippen LogP contribution in [0.25, 0.3) is 11.3 Å². The maximum atomic E-state index is 15.3. The van der Waals surface area contributed by atoms with E-state index in [2.05, 4.69) is 37.2 Å². The van der Waals surface area contributed by atoms with E-state index in [4.69, 9.17) is 32.7 Å². The molecule has 13 nitrogen and oxygen atoms in total. The van der Waals surface area contributed by atoms with Gasteiger partial charge in [0.15, 0.2) is 0 Å². The highest BCUT2D eigenvalue weighted by molar-refractivity contribution is 6.31. The zero-order valence-electron chi connectivity index (χ0n) is 38.8. The SMILES string of the molecule is COC[C@@H]1NC(=O)[C@H](C)N(Cc2ccc(Cl)cc2Oc2ccc(-c3cnc(CN(C)C)n3C)cc2)C(=O)C[C@@H]([C@@H]2CCc3ccccc32)C(=O)N2CCC[C@@](Cc3ccc(Cl)cc3)(C2)NC1=O. The Hall–Kier alpha value is -5.73. The van der Waals surface area contributed by atoms with E-state index in [9.17, 15) is 9.59 Å². The molecule has 2 N–H and O–H groups in total. The van der Waals surface area contributed by atoms with Crippen molar-refractivity contribution in [3.05, 3.63) is 135 Å². The van der Waals surface area contributed by atoms with Crippen LogP contribution >= 0.6 is 23.2 Å². The van der Waals surface area contributed by atoms with Gasteiger partial charge in [0, 0.05) is 54.8 Å². The molecule has 4 aromatic carbocycles. The van der Waals surface area contributed by atoms with E-state index in [0.29, 0.717) is 65.9 Å². The largest absolute Gasteiger partial charge is 0.457 e. The Balaban J connectivity index is 1.14. The summed E-state index contributed by atoms with van der Waals surface area (Å²) in [6, 6.07) is 26.2. The number of nitrogens with zero attached hydrogens (tertiary/aromatic N) is 5. The van der Waals surface area contributed by atoms with Gasteiger partial charge in [0.25, 0.3) is 0 Å². The molecule has 0 spiro atoms. The molecule has 8 rings (SSSR count). The minimum Gasteiger partial charge on any atom is -0.457 e. The Morgan fingerprint density at radius 3 is 2.40 bits per heavy atom. The van der Waals surface area contributed by atoms with E-state index in [-0.39, 0.29) is 43.8 Å². The van der Waals surface area contributed by atoms with Gasteiger partial charge >= 0.3 is 0 Å². The van der Waals surface area contributed by atoms with Crippen molar-refractivity contribution in [3.8, 4) is 22.8 Å². The van der Waals surface area contributed by atoms with Crippen molar-refractivity contribution in [2.45, 2.75) is 82.1 Å². The summed E-state index contributed by atoms with van der Waals surface area (Å²) in [7, 11) is 7.47. The lowest BCUT2D eigenvalue weighted by Gasteiger charge is -2.46. The molecule has 2 fully saturated rings. The number of rotatable bonds is 12. The van der Waals surface area contributed by atoms with Gasteiger partial charge < -0.3 is 39.4 Å². The van der Waals surface area contributed by atoms with Gasteiger partial charge in [-0.15, -0.1) is 0 Å². The van der Waals surface area contributed by atoms with E-state index < -0.39 is 35.4 Å². The predicted octanol–water partition coefficient (Wildman–Crippen LogP) is 7.57. The molecule has 1 aromatic heterocycles.